The van der Waals surface area contributed by atoms with Gasteiger partial charge in [0.25, 0.3) is 0 Å². The first-order valence-electron chi connectivity index (χ1n) is 11.1. The van der Waals surface area contributed by atoms with Gasteiger partial charge in [0.1, 0.15) is 17.2 Å². The maximum Gasteiger partial charge on any atom is 0.405 e. The summed E-state index contributed by atoms with van der Waals surface area (Å²) in [5.41, 5.74) is -5.26. The predicted molar refractivity (Wildman–Crippen MR) is 129 cm³/mol. The predicted octanol–water partition coefficient (Wildman–Crippen LogP) is 4.34. The van der Waals surface area contributed by atoms with Crippen molar-refractivity contribution in [2.45, 2.75) is 64.8 Å². The van der Waals surface area contributed by atoms with Crippen molar-refractivity contribution in [3.63, 3.8) is 0 Å². The molecular formula is C26H36N2O6. The second-order valence-corrected chi connectivity index (χ2v) is 10.6. The molecule has 34 heavy (non-hydrogen) atoms. The van der Waals surface area contributed by atoms with E-state index in [1.165, 1.54) is 0 Å². The Morgan fingerprint density at radius 1 is 0.765 bits per heavy atom. The van der Waals surface area contributed by atoms with Crippen LogP contribution in [0.15, 0.2) is 60.7 Å². The largest absolute Gasteiger partial charge is 0.465 e. The molecule has 8 heteroatoms. The van der Waals surface area contributed by atoms with Gasteiger partial charge in [0.15, 0.2) is 0 Å². The number of aliphatic hydroxyl groups is 2. The fraction of sp³-hybridized carbons (Fsp3) is 0.462. The topological polar surface area (TPSA) is 139 Å². The van der Waals surface area contributed by atoms with E-state index in [9.17, 15) is 30.0 Å². The lowest BCUT2D eigenvalue weighted by Crippen LogP contribution is -2.77. The van der Waals surface area contributed by atoms with E-state index in [4.69, 9.17) is 0 Å². The van der Waals surface area contributed by atoms with Crippen LogP contribution in [-0.2, 0) is 5.54 Å². The highest BCUT2D eigenvalue weighted by molar-refractivity contribution is 5.68. The molecule has 186 valence electrons. The Hall–Kier alpha value is -3.10. The van der Waals surface area contributed by atoms with Gasteiger partial charge < -0.3 is 31.1 Å². The van der Waals surface area contributed by atoms with E-state index < -0.39 is 46.3 Å². The summed E-state index contributed by atoms with van der Waals surface area (Å²) in [5.74, 6) is 0. The monoisotopic (exact) mass is 472 g/mol. The first-order chi connectivity index (χ1) is 15.6. The van der Waals surface area contributed by atoms with Crippen molar-refractivity contribution in [3.05, 3.63) is 71.8 Å². The summed E-state index contributed by atoms with van der Waals surface area (Å²) >= 11 is 0. The molecule has 2 aromatic carbocycles. The van der Waals surface area contributed by atoms with Crippen LogP contribution in [0.25, 0.3) is 0 Å². The van der Waals surface area contributed by atoms with Gasteiger partial charge >= 0.3 is 12.2 Å². The first-order valence-corrected chi connectivity index (χ1v) is 11.1. The normalized spacial score (nSPS) is 17.5. The van der Waals surface area contributed by atoms with E-state index in [1.807, 2.05) is 0 Å². The molecule has 0 heterocycles. The van der Waals surface area contributed by atoms with E-state index in [2.05, 4.69) is 10.6 Å². The van der Waals surface area contributed by atoms with Gasteiger partial charge in [0.2, 0.25) is 0 Å². The summed E-state index contributed by atoms with van der Waals surface area (Å²) in [6.07, 6.45) is -4.55. The maximum absolute atomic E-state index is 12.7. The maximum atomic E-state index is 12.7. The third kappa shape index (κ3) is 4.74. The second-order valence-electron chi connectivity index (χ2n) is 10.6. The van der Waals surface area contributed by atoms with Gasteiger partial charge in [-0.25, -0.2) is 9.59 Å². The fourth-order valence-corrected chi connectivity index (χ4v) is 5.04. The number of aliphatic hydroxyl groups excluding tert-OH is 1. The number of hydrogen-bond donors (Lipinski definition) is 6. The van der Waals surface area contributed by atoms with Crippen molar-refractivity contribution in [1.82, 2.24) is 10.6 Å². The third-order valence-corrected chi connectivity index (χ3v) is 6.52. The lowest BCUT2D eigenvalue weighted by atomic mass is 9.50. The van der Waals surface area contributed by atoms with Gasteiger partial charge in [0.05, 0.1) is 6.04 Å². The average molecular weight is 473 g/mol. The van der Waals surface area contributed by atoms with Gasteiger partial charge in [0, 0.05) is 0 Å². The molecule has 0 fully saturated rings. The van der Waals surface area contributed by atoms with Crippen LogP contribution >= 0.6 is 0 Å². The number of carbonyl (C=O) groups is 2. The Labute approximate surface area is 200 Å². The quantitative estimate of drug-likeness (QED) is 0.354. The van der Waals surface area contributed by atoms with Gasteiger partial charge in [-0.05, 0) is 22.0 Å². The van der Waals surface area contributed by atoms with Crippen LogP contribution in [0.2, 0.25) is 0 Å². The van der Waals surface area contributed by atoms with Crippen LogP contribution in [0, 0.1) is 10.8 Å². The molecule has 0 aliphatic heterocycles. The molecule has 2 rings (SSSR count). The summed E-state index contributed by atoms with van der Waals surface area (Å²) in [6, 6.07) is 15.7. The molecule has 4 unspecified atom stereocenters. The standard InChI is InChI=1S/C26H36N2O6/c1-23(2,3)25(28-22(32)33,18-15-11-8-12-16-18)26(34,24(4,5)6)20(29)19(27-21(30)31)17-13-9-7-10-14-17/h7-16,19-20,27-29,34H,1-6H3,(H,30,31)(H,32,33). The molecule has 0 saturated heterocycles. The van der Waals surface area contributed by atoms with Crippen LogP contribution in [0.4, 0.5) is 9.59 Å². The Kier molecular flexibility index (Phi) is 7.70. The molecule has 0 spiro atoms. The number of hydrogen-bond acceptors (Lipinski definition) is 4. The average Bonchev–Trinajstić information content (AvgIpc) is 2.74. The Morgan fingerprint density at radius 3 is 1.62 bits per heavy atom. The van der Waals surface area contributed by atoms with Crippen molar-refractivity contribution < 1.29 is 30.0 Å². The van der Waals surface area contributed by atoms with E-state index in [0.717, 1.165) is 0 Å². The number of amides is 2. The minimum Gasteiger partial charge on any atom is -0.465 e. The Balaban J connectivity index is 2.98. The van der Waals surface area contributed by atoms with Crippen molar-refractivity contribution in [2.24, 2.45) is 10.8 Å². The molecule has 0 aliphatic rings. The number of benzene rings is 2. The van der Waals surface area contributed by atoms with Crippen LogP contribution < -0.4 is 10.6 Å². The van der Waals surface area contributed by atoms with E-state index >= 15 is 0 Å². The lowest BCUT2D eigenvalue weighted by molar-refractivity contribution is -0.229. The molecule has 0 saturated carbocycles. The van der Waals surface area contributed by atoms with Gasteiger partial charge in [-0.15, -0.1) is 0 Å². The molecule has 4 atom stereocenters. The second kappa shape index (κ2) is 9.64. The van der Waals surface area contributed by atoms with E-state index in [-0.39, 0.29) is 0 Å². The Morgan fingerprint density at radius 2 is 1.24 bits per heavy atom. The zero-order valence-electron chi connectivity index (χ0n) is 20.5. The minimum atomic E-state index is -2.22. The smallest absolute Gasteiger partial charge is 0.405 e. The van der Waals surface area contributed by atoms with Crippen LogP contribution in [-0.4, -0.2) is 44.3 Å². The summed E-state index contributed by atoms with van der Waals surface area (Å²) in [4.78, 5) is 24.0. The Bertz CT molecular complexity index is 984. The molecule has 0 bridgehead atoms. The van der Waals surface area contributed by atoms with Gasteiger partial charge in [-0.2, -0.15) is 0 Å². The number of rotatable bonds is 7. The van der Waals surface area contributed by atoms with Crippen LogP contribution in [0.5, 0.6) is 0 Å². The summed E-state index contributed by atoms with van der Waals surface area (Å²) < 4.78 is 0. The van der Waals surface area contributed by atoms with Crippen molar-refractivity contribution >= 4 is 12.2 Å². The van der Waals surface area contributed by atoms with Crippen molar-refractivity contribution in [1.29, 1.82) is 0 Å². The summed E-state index contributed by atoms with van der Waals surface area (Å²) in [6.45, 7) is 10.4. The third-order valence-electron chi connectivity index (χ3n) is 6.52. The van der Waals surface area contributed by atoms with Crippen molar-refractivity contribution in [3.8, 4) is 0 Å². The van der Waals surface area contributed by atoms with Crippen LogP contribution in [0.1, 0.15) is 58.7 Å². The molecular weight excluding hydrogens is 436 g/mol. The first kappa shape index (κ1) is 27.1. The van der Waals surface area contributed by atoms with E-state index in [0.29, 0.717) is 11.1 Å². The summed E-state index contributed by atoms with van der Waals surface area (Å²) in [5, 5.41) is 49.1. The van der Waals surface area contributed by atoms with Crippen molar-refractivity contribution in [2.75, 3.05) is 0 Å². The highest BCUT2D eigenvalue weighted by atomic mass is 16.4. The highest BCUT2D eigenvalue weighted by Gasteiger charge is 2.68. The zero-order chi connectivity index (χ0) is 25.9. The minimum absolute atomic E-state index is 0.422. The fourth-order valence-electron chi connectivity index (χ4n) is 5.04. The zero-order valence-corrected chi connectivity index (χ0v) is 20.5. The number of nitrogens with one attached hydrogen (secondary N) is 2. The lowest BCUT2D eigenvalue weighted by Gasteiger charge is -2.62. The number of carboxylic acid groups (broad SMARTS) is 2. The highest BCUT2D eigenvalue weighted by Crippen LogP contribution is 2.56. The molecule has 0 aromatic heterocycles. The van der Waals surface area contributed by atoms with Crippen LogP contribution in [0.3, 0.4) is 0 Å². The molecule has 0 radical (unpaired) electrons. The van der Waals surface area contributed by atoms with Gasteiger partial charge in [-0.1, -0.05) is 102 Å². The summed E-state index contributed by atoms with van der Waals surface area (Å²) in [7, 11) is 0. The molecule has 2 aromatic rings. The van der Waals surface area contributed by atoms with Gasteiger partial charge in [-0.3, -0.25) is 0 Å². The molecule has 8 nitrogen and oxygen atoms in total. The molecule has 2 amide bonds. The molecule has 6 N–H and O–H groups in total. The van der Waals surface area contributed by atoms with E-state index in [1.54, 1.807) is 102 Å². The SMILES string of the molecule is CC(C)(C)C(NC(=O)O)(c1ccccc1)C(O)(C(O)C(NC(=O)O)c1ccccc1)C(C)(C)C. The molecule has 0 aliphatic carbocycles.